The number of benzene rings is 1. The minimum absolute atomic E-state index is 0.0672. The third-order valence-electron chi connectivity index (χ3n) is 4.55. The molecule has 0 N–H and O–H groups in total. The fourth-order valence-corrected chi connectivity index (χ4v) is 4.00. The highest BCUT2D eigenvalue weighted by Gasteiger charge is 2.39. The molecule has 0 radical (unpaired) electrons. The molecule has 2 atom stereocenters. The van der Waals surface area contributed by atoms with Crippen LogP contribution >= 0.6 is 11.3 Å². The fraction of sp³-hybridized carbons (Fsp3) is 0.278. The molecule has 24 heavy (non-hydrogen) atoms. The number of thiophene rings is 1. The summed E-state index contributed by atoms with van der Waals surface area (Å²) in [5, 5.41) is 8.05. The maximum Gasteiger partial charge on any atom is 0.227 e. The minimum atomic E-state index is 0.0672. The van der Waals surface area contributed by atoms with Gasteiger partial charge in [0, 0.05) is 24.9 Å². The number of carbonyl (C=O) groups excluding carboxylic acids is 1. The average molecular weight is 339 g/mol. The van der Waals surface area contributed by atoms with Gasteiger partial charge in [0.2, 0.25) is 12.3 Å². The van der Waals surface area contributed by atoms with E-state index in [-0.39, 0.29) is 17.7 Å². The third kappa shape index (κ3) is 2.97. The van der Waals surface area contributed by atoms with Crippen LogP contribution in [-0.2, 0) is 11.2 Å². The molecule has 1 aliphatic rings. The molecule has 0 bridgehead atoms. The smallest absolute Gasteiger partial charge is 0.227 e. The van der Waals surface area contributed by atoms with E-state index in [2.05, 4.69) is 22.3 Å². The largest absolute Gasteiger partial charge is 0.343 e. The van der Waals surface area contributed by atoms with E-state index >= 15 is 0 Å². The Bertz CT molecular complexity index is 787. The van der Waals surface area contributed by atoms with E-state index in [0.717, 1.165) is 5.56 Å². The second-order valence-electron chi connectivity index (χ2n) is 6.02. The number of hydrogen-bond acceptors (Lipinski definition) is 5. The Balaban J connectivity index is 1.57. The number of amides is 1. The Morgan fingerprint density at radius 1 is 1.21 bits per heavy atom. The van der Waals surface area contributed by atoms with Crippen LogP contribution in [0.1, 0.15) is 28.8 Å². The molecule has 0 aliphatic carbocycles. The minimum Gasteiger partial charge on any atom is -0.343 e. The first kappa shape index (κ1) is 15.1. The first-order chi connectivity index (χ1) is 11.8. The number of aromatic nitrogens is 2. The van der Waals surface area contributed by atoms with Gasteiger partial charge in [0.05, 0.1) is 6.42 Å². The van der Waals surface area contributed by atoms with Gasteiger partial charge in [-0.2, -0.15) is 16.3 Å². The van der Waals surface area contributed by atoms with Crippen LogP contribution in [-0.4, -0.2) is 34.0 Å². The van der Waals surface area contributed by atoms with Crippen LogP contribution in [0.25, 0.3) is 0 Å². The van der Waals surface area contributed by atoms with E-state index in [1.165, 1.54) is 12.0 Å². The van der Waals surface area contributed by atoms with Crippen LogP contribution in [0.2, 0.25) is 0 Å². The molecule has 1 saturated heterocycles. The number of likely N-dealkylation sites (tertiary alicyclic amines) is 1. The molecule has 2 aromatic heterocycles. The van der Waals surface area contributed by atoms with E-state index in [0.29, 0.717) is 25.3 Å². The monoisotopic (exact) mass is 339 g/mol. The first-order valence-corrected chi connectivity index (χ1v) is 8.85. The van der Waals surface area contributed by atoms with Gasteiger partial charge in [-0.05, 0) is 28.0 Å². The van der Waals surface area contributed by atoms with Crippen molar-refractivity contribution in [2.45, 2.75) is 18.3 Å². The van der Waals surface area contributed by atoms with Gasteiger partial charge in [-0.25, -0.2) is 0 Å². The van der Waals surface area contributed by atoms with Gasteiger partial charge in [-0.15, -0.1) is 0 Å². The summed E-state index contributed by atoms with van der Waals surface area (Å²) < 4.78 is 4.93. The Morgan fingerprint density at radius 3 is 2.75 bits per heavy atom. The van der Waals surface area contributed by atoms with Crippen molar-refractivity contribution < 1.29 is 9.32 Å². The fourth-order valence-electron chi connectivity index (χ4n) is 3.33. The maximum atomic E-state index is 12.7. The molecule has 0 unspecified atom stereocenters. The second kappa shape index (κ2) is 6.57. The van der Waals surface area contributed by atoms with Crippen molar-refractivity contribution in [2.24, 2.45) is 0 Å². The van der Waals surface area contributed by atoms with E-state index in [9.17, 15) is 4.79 Å². The Labute approximate surface area is 143 Å². The van der Waals surface area contributed by atoms with Crippen molar-refractivity contribution in [2.75, 3.05) is 13.1 Å². The van der Waals surface area contributed by atoms with Crippen molar-refractivity contribution in [3.8, 4) is 0 Å². The topological polar surface area (TPSA) is 59.2 Å². The van der Waals surface area contributed by atoms with Gasteiger partial charge in [-0.3, -0.25) is 4.79 Å². The Morgan fingerprint density at radius 2 is 2.04 bits per heavy atom. The van der Waals surface area contributed by atoms with Crippen LogP contribution < -0.4 is 0 Å². The maximum absolute atomic E-state index is 12.7. The SMILES string of the molecule is O=C(Cc1ccsc1)N1C[C@@H](c2ccccc2)[C@H](c2ncon2)C1. The van der Waals surface area contributed by atoms with Crippen LogP contribution in [0, 0.1) is 0 Å². The molecule has 5 nitrogen and oxygen atoms in total. The Kier molecular flexibility index (Phi) is 4.13. The molecule has 3 aromatic rings. The molecular weight excluding hydrogens is 322 g/mol. The van der Waals surface area contributed by atoms with Gasteiger partial charge >= 0.3 is 0 Å². The predicted octanol–water partition coefficient (Wildman–Crippen LogP) is 3.08. The normalized spacial score (nSPS) is 20.4. The lowest BCUT2D eigenvalue weighted by Gasteiger charge is -2.16. The molecule has 3 heterocycles. The van der Waals surface area contributed by atoms with E-state index in [1.807, 2.05) is 39.9 Å². The summed E-state index contributed by atoms with van der Waals surface area (Å²) >= 11 is 1.62. The quantitative estimate of drug-likeness (QED) is 0.733. The molecule has 0 spiro atoms. The van der Waals surface area contributed by atoms with Crippen molar-refractivity contribution in [3.63, 3.8) is 0 Å². The predicted molar refractivity (Wildman–Crippen MR) is 90.8 cm³/mol. The summed E-state index contributed by atoms with van der Waals surface area (Å²) in [7, 11) is 0. The van der Waals surface area contributed by atoms with Crippen LogP contribution in [0.4, 0.5) is 0 Å². The molecule has 1 aliphatic heterocycles. The highest BCUT2D eigenvalue weighted by Crippen LogP contribution is 2.38. The summed E-state index contributed by atoms with van der Waals surface area (Å²) in [6.07, 6.45) is 1.80. The lowest BCUT2D eigenvalue weighted by molar-refractivity contribution is -0.129. The number of carbonyl (C=O) groups is 1. The van der Waals surface area contributed by atoms with Crippen molar-refractivity contribution in [3.05, 3.63) is 70.5 Å². The van der Waals surface area contributed by atoms with Gasteiger partial charge in [0.1, 0.15) is 0 Å². The number of hydrogen-bond donors (Lipinski definition) is 0. The van der Waals surface area contributed by atoms with E-state index < -0.39 is 0 Å². The van der Waals surface area contributed by atoms with E-state index in [4.69, 9.17) is 4.52 Å². The lowest BCUT2D eigenvalue weighted by Crippen LogP contribution is -2.30. The zero-order valence-electron chi connectivity index (χ0n) is 13.0. The van der Waals surface area contributed by atoms with Gasteiger partial charge in [0.15, 0.2) is 5.82 Å². The Hall–Kier alpha value is -2.47. The highest BCUT2D eigenvalue weighted by molar-refractivity contribution is 7.08. The molecule has 122 valence electrons. The van der Waals surface area contributed by atoms with Crippen LogP contribution in [0.3, 0.4) is 0 Å². The van der Waals surface area contributed by atoms with Crippen molar-refractivity contribution >= 4 is 17.2 Å². The molecule has 0 saturated carbocycles. The zero-order chi connectivity index (χ0) is 16.4. The molecule has 4 rings (SSSR count). The molecule has 1 amide bonds. The number of rotatable bonds is 4. The van der Waals surface area contributed by atoms with Crippen LogP contribution in [0.5, 0.6) is 0 Å². The standard InChI is InChI=1S/C18H17N3O2S/c22-17(8-13-6-7-24-11-13)21-9-15(14-4-2-1-3-5-14)16(10-21)18-19-12-23-20-18/h1-7,11-12,15-16H,8-10H2/t15-,16+/m0/s1. The van der Waals surface area contributed by atoms with Crippen molar-refractivity contribution in [1.82, 2.24) is 15.0 Å². The van der Waals surface area contributed by atoms with Crippen molar-refractivity contribution in [1.29, 1.82) is 0 Å². The molecule has 1 aromatic carbocycles. The van der Waals surface area contributed by atoms with Gasteiger partial charge in [-0.1, -0.05) is 35.5 Å². The zero-order valence-corrected chi connectivity index (χ0v) is 13.9. The summed E-state index contributed by atoms with van der Waals surface area (Å²) in [4.78, 5) is 18.8. The average Bonchev–Trinajstić information content (AvgIpc) is 3.36. The molecular formula is C18H17N3O2S. The van der Waals surface area contributed by atoms with E-state index in [1.54, 1.807) is 11.3 Å². The summed E-state index contributed by atoms with van der Waals surface area (Å²) in [6.45, 7) is 1.31. The summed E-state index contributed by atoms with van der Waals surface area (Å²) in [5.41, 5.74) is 2.28. The third-order valence-corrected chi connectivity index (χ3v) is 5.28. The molecule has 1 fully saturated rings. The summed E-state index contributed by atoms with van der Waals surface area (Å²) in [5.74, 6) is 1.09. The van der Waals surface area contributed by atoms with Gasteiger partial charge in [0.25, 0.3) is 0 Å². The lowest BCUT2D eigenvalue weighted by atomic mass is 9.88. The number of nitrogens with zero attached hydrogens (tertiary/aromatic N) is 3. The van der Waals surface area contributed by atoms with Crippen LogP contribution in [0.15, 0.2) is 58.1 Å². The second-order valence-corrected chi connectivity index (χ2v) is 6.80. The van der Waals surface area contributed by atoms with Gasteiger partial charge < -0.3 is 9.42 Å². The molecule has 6 heteroatoms. The summed E-state index contributed by atoms with van der Waals surface area (Å²) in [6, 6.07) is 12.3. The first-order valence-electron chi connectivity index (χ1n) is 7.91. The highest BCUT2D eigenvalue weighted by atomic mass is 32.1.